The number of carbonyl (C=O) groups is 2. The maximum atomic E-state index is 11.1. The summed E-state index contributed by atoms with van der Waals surface area (Å²) >= 11 is 0. The summed E-state index contributed by atoms with van der Waals surface area (Å²) in [6.45, 7) is 6.17. The Hall–Kier alpha value is -0.309. The second-order valence-electron chi connectivity index (χ2n) is 5.48. The summed E-state index contributed by atoms with van der Waals surface area (Å²) in [5.74, 6) is -4.34. The molecule has 0 atom stereocenters. The first-order valence-corrected chi connectivity index (χ1v) is 5.97. The Kier molecular flexibility index (Phi) is 7.51. The molecule has 0 saturated carbocycles. The molecule has 0 heterocycles. The predicted octanol–water partition coefficient (Wildman–Crippen LogP) is 0.779. The van der Waals surface area contributed by atoms with Gasteiger partial charge in [0.1, 0.15) is 0 Å². The number of aliphatic carboxylic acids is 2. The molecule has 0 fully saturated rings. The molecule has 20 heavy (non-hydrogen) atoms. The summed E-state index contributed by atoms with van der Waals surface area (Å²) in [6.07, 6.45) is 0. The van der Waals surface area contributed by atoms with Gasteiger partial charge in [-0.15, -0.1) is 0 Å². The van der Waals surface area contributed by atoms with E-state index in [-0.39, 0.29) is 66.4 Å². The summed E-state index contributed by atoms with van der Waals surface area (Å²) in [5.41, 5.74) is 7.30. The third-order valence-corrected chi connectivity index (χ3v) is 3.03. The van der Waals surface area contributed by atoms with Crippen molar-refractivity contribution in [2.24, 2.45) is 5.73 Å². The molecule has 0 aliphatic heterocycles. The van der Waals surface area contributed by atoms with E-state index in [1.54, 1.807) is 18.2 Å². The van der Waals surface area contributed by atoms with Gasteiger partial charge >= 0.3 is 60.8 Å². The Bertz CT molecular complexity index is 494. The molecule has 5 nitrogen and oxygen atoms in total. The first-order valence-electron chi connectivity index (χ1n) is 5.97. The van der Waals surface area contributed by atoms with Crippen molar-refractivity contribution < 1.29 is 19.8 Å². The average Bonchev–Trinajstić information content (AvgIpc) is 2.27. The van der Waals surface area contributed by atoms with Gasteiger partial charge in [0.2, 0.25) is 0 Å². The van der Waals surface area contributed by atoms with E-state index < -0.39 is 17.9 Å². The van der Waals surface area contributed by atoms with Crippen LogP contribution in [0.4, 0.5) is 0 Å². The Balaban J connectivity index is 0.00000361. The molecule has 1 aromatic carbocycles. The van der Waals surface area contributed by atoms with Gasteiger partial charge in [-0.2, -0.15) is 0 Å². The average molecular weight is 405 g/mol. The standard InChI is InChI=1S/C14H19NO4.Ba.2H/c1-14(2,3)9-4-5-10(8(6-9)7-15)11(12(16)17)13(18)19;;;/h4-6,11H,7,15H2,1-3H3,(H,16,17)(H,18,19);;;. The van der Waals surface area contributed by atoms with Gasteiger partial charge < -0.3 is 15.9 Å². The molecular formula is C14H21BaNO4. The van der Waals surface area contributed by atoms with Crippen LogP contribution in [0, 0.1) is 0 Å². The van der Waals surface area contributed by atoms with Crippen LogP contribution in [0.5, 0.6) is 0 Å². The van der Waals surface area contributed by atoms with E-state index in [1.165, 1.54) is 0 Å². The fourth-order valence-electron chi connectivity index (χ4n) is 1.90. The van der Waals surface area contributed by atoms with Crippen molar-refractivity contribution in [2.75, 3.05) is 0 Å². The first kappa shape index (κ1) is 19.7. The van der Waals surface area contributed by atoms with E-state index in [0.717, 1.165) is 5.56 Å². The molecule has 0 aliphatic rings. The van der Waals surface area contributed by atoms with E-state index in [1.807, 2.05) is 20.8 Å². The number of hydrogen-bond donors (Lipinski definition) is 3. The Morgan fingerprint density at radius 1 is 1.20 bits per heavy atom. The van der Waals surface area contributed by atoms with Crippen LogP contribution >= 0.6 is 0 Å². The van der Waals surface area contributed by atoms with Gasteiger partial charge in [0.25, 0.3) is 0 Å². The van der Waals surface area contributed by atoms with Crippen molar-refractivity contribution in [2.45, 2.75) is 38.6 Å². The number of carboxylic acid groups (broad SMARTS) is 2. The van der Waals surface area contributed by atoms with Gasteiger partial charge in [-0.3, -0.25) is 9.59 Å². The molecule has 6 heteroatoms. The van der Waals surface area contributed by atoms with E-state index in [4.69, 9.17) is 15.9 Å². The molecule has 0 amide bonds. The summed E-state index contributed by atoms with van der Waals surface area (Å²) in [5, 5.41) is 18.0. The van der Waals surface area contributed by atoms with Crippen LogP contribution in [0.3, 0.4) is 0 Å². The Morgan fingerprint density at radius 3 is 2.05 bits per heavy atom. The van der Waals surface area contributed by atoms with E-state index in [0.29, 0.717) is 5.56 Å². The second-order valence-corrected chi connectivity index (χ2v) is 5.48. The van der Waals surface area contributed by atoms with E-state index in [2.05, 4.69) is 0 Å². The topological polar surface area (TPSA) is 101 Å². The van der Waals surface area contributed by atoms with Crippen LogP contribution in [0.1, 0.15) is 43.4 Å². The fourth-order valence-corrected chi connectivity index (χ4v) is 1.90. The molecule has 108 valence electrons. The second kappa shape index (κ2) is 7.63. The molecule has 1 aromatic rings. The summed E-state index contributed by atoms with van der Waals surface area (Å²) < 4.78 is 0. The van der Waals surface area contributed by atoms with Crippen molar-refractivity contribution in [1.29, 1.82) is 0 Å². The van der Waals surface area contributed by atoms with Gasteiger partial charge in [-0.25, -0.2) is 0 Å². The van der Waals surface area contributed by atoms with E-state index >= 15 is 0 Å². The predicted molar refractivity (Wildman–Crippen MR) is 79.6 cm³/mol. The Morgan fingerprint density at radius 2 is 1.70 bits per heavy atom. The third kappa shape index (κ3) is 4.61. The zero-order chi connectivity index (χ0) is 14.8. The van der Waals surface area contributed by atoms with Crippen molar-refractivity contribution in [1.82, 2.24) is 0 Å². The van der Waals surface area contributed by atoms with E-state index in [9.17, 15) is 9.59 Å². The van der Waals surface area contributed by atoms with Crippen molar-refractivity contribution in [3.05, 3.63) is 34.9 Å². The van der Waals surface area contributed by atoms with Gasteiger partial charge in [-0.1, -0.05) is 39.0 Å². The first-order chi connectivity index (χ1) is 8.68. The number of hydrogen-bond acceptors (Lipinski definition) is 3. The number of rotatable bonds is 4. The SMILES string of the molecule is CC(C)(C)c1ccc(C(C(=O)O)C(=O)O)c(CN)c1.[BaH2]. The molecule has 1 rings (SSSR count). The van der Waals surface area contributed by atoms with Crippen LogP contribution in [0.15, 0.2) is 18.2 Å². The molecule has 0 unspecified atom stereocenters. The molecule has 4 N–H and O–H groups in total. The number of carboxylic acids is 2. The van der Waals surface area contributed by atoms with Crippen LogP contribution in [-0.4, -0.2) is 71.0 Å². The van der Waals surface area contributed by atoms with Gasteiger partial charge in [0.15, 0.2) is 5.92 Å². The minimum atomic E-state index is -1.58. The summed E-state index contributed by atoms with van der Waals surface area (Å²) in [6, 6.07) is 5.09. The van der Waals surface area contributed by atoms with Crippen LogP contribution in [-0.2, 0) is 21.5 Å². The van der Waals surface area contributed by atoms with Crippen LogP contribution < -0.4 is 5.73 Å². The number of benzene rings is 1. The molecule has 0 radical (unpaired) electrons. The monoisotopic (exact) mass is 405 g/mol. The molecule has 0 saturated heterocycles. The van der Waals surface area contributed by atoms with Gasteiger partial charge in [0, 0.05) is 6.54 Å². The molecule has 0 aromatic heterocycles. The minimum absolute atomic E-state index is 0. The van der Waals surface area contributed by atoms with Gasteiger partial charge in [-0.05, 0) is 22.1 Å². The summed E-state index contributed by atoms with van der Waals surface area (Å²) in [7, 11) is 0. The molecule has 0 bridgehead atoms. The van der Waals surface area contributed by atoms with Crippen LogP contribution in [0.2, 0.25) is 0 Å². The van der Waals surface area contributed by atoms with Crippen molar-refractivity contribution in [3.8, 4) is 0 Å². The normalized spacial score (nSPS) is 11.1. The Labute approximate surface area is 158 Å². The van der Waals surface area contributed by atoms with Crippen LogP contribution in [0.25, 0.3) is 0 Å². The zero-order valence-electron chi connectivity index (χ0n) is 11.3. The third-order valence-electron chi connectivity index (χ3n) is 3.03. The van der Waals surface area contributed by atoms with Crippen molar-refractivity contribution >= 4 is 60.8 Å². The summed E-state index contributed by atoms with van der Waals surface area (Å²) in [4.78, 5) is 22.1. The maximum absolute atomic E-state index is 11.1. The van der Waals surface area contributed by atoms with Gasteiger partial charge in [0.05, 0.1) is 0 Å². The molecule has 0 aliphatic carbocycles. The van der Waals surface area contributed by atoms with Crippen molar-refractivity contribution in [3.63, 3.8) is 0 Å². The molecular weight excluding hydrogens is 383 g/mol. The fraction of sp³-hybridized carbons (Fsp3) is 0.429. The number of nitrogens with two attached hydrogens (primary N) is 1. The molecule has 0 spiro atoms. The quantitative estimate of drug-likeness (QED) is 0.509. The zero-order valence-corrected chi connectivity index (χ0v) is 11.3.